The Balaban J connectivity index is 3.14. The maximum atomic E-state index is 13.1. The zero-order valence-electron chi connectivity index (χ0n) is 9.28. The molecule has 0 amide bonds. The molecular weight excluding hydrogens is 276 g/mol. The van der Waals surface area contributed by atoms with Crippen LogP contribution in [0.25, 0.3) is 0 Å². The molecule has 0 aliphatic rings. The minimum absolute atomic E-state index is 0.0812. The van der Waals surface area contributed by atoms with Crippen molar-refractivity contribution in [3.8, 4) is 0 Å². The van der Waals surface area contributed by atoms with Crippen molar-refractivity contribution in [3.63, 3.8) is 0 Å². The van der Waals surface area contributed by atoms with Gasteiger partial charge in [0.15, 0.2) is 0 Å². The van der Waals surface area contributed by atoms with Crippen molar-refractivity contribution in [1.82, 2.24) is 0 Å². The number of esters is 1. The normalized spacial score (nSPS) is 11.4. The quantitative estimate of drug-likeness (QED) is 0.626. The number of carbonyl (C=O) groups is 1. The average Bonchev–Trinajstić information content (AvgIpc) is 2.21. The lowest BCUT2D eigenvalue weighted by Gasteiger charge is -2.12. The molecule has 2 nitrogen and oxygen atoms in total. The van der Waals surface area contributed by atoms with Crippen molar-refractivity contribution >= 4 is 17.6 Å². The van der Waals surface area contributed by atoms with Crippen molar-refractivity contribution in [1.29, 1.82) is 0 Å². The molecule has 0 unspecified atom stereocenters. The first kappa shape index (κ1) is 14.8. The first-order valence-electron chi connectivity index (χ1n) is 4.96. The average molecular weight is 285 g/mol. The summed E-state index contributed by atoms with van der Waals surface area (Å²) >= 11 is 5.52. The number of hydrogen-bond donors (Lipinski definition) is 0. The van der Waals surface area contributed by atoms with E-state index in [9.17, 15) is 22.4 Å². The van der Waals surface area contributed by atoms with Crippen LogP contribution in [-0.4, -0.2) is 12.6 Å². The van der Waals surface area contributed by atoms with Crippen LogP contribution in [0.1, 0.15) is 18.1 Å². The van der Waals surface area contributed by atoms with Crippen LogP contribution in [-0.2, 0) is 22.1 Å². The predicted octanol–water partition coefficient (Wildman–Crippen LogP) is 3.60. The highest BCUT2D eigenvalue weighted by molar-refractivity contribution is 6.32. The first-order chi connectivity index (χ1) is 8.25. The summed E-state index contributed by atoms with van der Waals surface area (Å²) in [4.78, 5) is 11.2. The van der Waals surface area contributed by atoms with Gasteiger partial charge in [0.1, 0.15) is 5.82 Å². The maximum Gasteiger partial charge on any atom is 0.417 e. The third-order valence-corrected chi connectivity index (χ3v) is 2.50. The van der Waals surface area contributed by atoms with Crippen LogP contribution in [0.5, 0.6) is 0 Å². The van der Waals surface area contributed by atoms with Crippen LogP contribution in [0, 0.1) is 5.82 Å². The molecule has 1 rings (SSSR count). The molecule has 0 aromatic heterocycles. The molecule has 0 saturated carbocycles. The minimum Gasteiger partial charge on any atom is -0.466 e. The van der Waals surface area contributed by atoms with Crippen molar-refractivity contribution in [2.45, 2.75) is 19.5 Å². The number of hydrogen-bond acceptors (Lipinski definition) is 2. The van der Waals surface area contributed by atoms with Gasteiger partial charge < -0.3 is 4.74 Å². The summed E-state index contributed by atoms with van der Waals surface area (Å²) in [5.41, 5.74) is -1.55. The Kier molecular flexibility index (Phi) is 4.56. The number of benzene rings is 1. The summed E-state index contributed by atoms with van der Waals surface area (Å²) in [6.45, 7) is 1.63. The van der Waals surface area contributed by atoms with Gasteiger partial charge in [-0.25, -0.2) is 4.39 Å². The lowest BCUT2D eigenvalue weighted by molar-refractivity contribution is -0.142. The van der Waals surface area contributed by atoms with E-state index < -0.39 is 35.0 Å². The molecule has 0 aliphatic carbocycles. The SMILES string of the molecule is CCOC(=O)Cc1cc(F)cc(C(F)(F)F)c1Cl. The molecule has 0 fully saturated rings. The predicted molar refractivity (Wildman–Crippen MR) is 56.7 cm³/mol. The van der Waals surface area contributed by atoms with E-state index in [1.54, 1.807) is 6.92 Å². The van der Waals surface area contributed by atoms with Crippen LogP contribution in [0.2, 0.25) is 5.02 Å². The van der Waals surface area contributed by atoms with E-state index in [1.165, 1.54) is 0 Å². The second-order valence-corrected chi connectivity index (χ2v) is 3.78. The van der Waals surface area contributed by atoms with Gasteiger partial charge in [0, 0.05) is 0 Å². The summed E-state index contributed by atoms with van der Waals surface area (Å²) in [5, 5.41) is -0.683. The fourth-order valence-corrected chi connectivity index (χ4v) is 1.63. The second-order valence-electron chi connectivity index (χ2n) is 3.41. The second kappa shape index (κ2) is 5.56. The van der Waals surface area contributed by atoms with Gasteiger partial charge in [-0.1, -0.05) is 11.6 Å². The standard InChI is InChI=1S/C11H9ClF4O2/c1-2-18-9(17)4-6-3-7(13)5-8(10(6)12)11(14,15)16/h3,5H,2,4H2,1H3. The van der Waals surface area contributed by atoms with Gasteiger partial charge in [-0.3, -0.25) is 4.79 Å². The van der Waals surface area contributed by atoms with Gasteiger partial charge in [-0.05, 0) is 24.6 Å². The van der Waals surface area contributed by atoms with Crippen molar-refractivity contribution in [3.05, 3.63) is 34.1 Å². The van der Waals surface area contributed by atoms with E-state index in [1.807, 2.05) is 0 Å². The van der Waals surface area contributed by atoms with Crippen LogP contribution in [0.3, 0.4) is 0 Å². The molecule has 0 bridgehead atoms. The lowest BCUT2D eigenvalue weighted by Crippen LogP contribution is -2.12. The molecule has 0 atom stereocenters. The number of rotatable bonds is 3. The zero-order valence-corrected chi connectivity index (χ0v) is 10.0. The smallest absolute Gasteiger partial charge is 0.417 e. The first-order valence-corrected chi connectivity index (χ1v) is 5.34. The van der Waals surface area contributed by atoms with Crippen molar-refractivity contribution in [2.24, 2.45) is 0 Å². The van der Waals surface area contributed by atoms with Gasteiger partial charge in [0.2, 0.25) is 0 Å². The number of halogens is 5. The summed E-state index contributed by atoms with van der Waals surface area (Å²) in [6, 6.07) is 1.07. The number of carbonyl (C=O) groups excluding carboxylic acids is 1. The Hall–Kier alpha value is -1.30. The lowest BCUT2D eigenvalue weighted by atomic mass is 10.1. The van der Waals surface area contributed by atoms with Gasteiger partial charge >= 0.3 is 12.1 Å². The summed E-state index contributed by atoms with van der Waals surface area (Å²) in [7, 11) is 0. The Bertz CT molecular complexity index is 457. The Morgan fingerprint density at radius 2 is 2.00 bits per heavy atom. The zero-order chi connectivity index (χ0) is 13.9. The van der Waals surface area contributed by atoms with Gasteiger partial charge in [-0.15, -0.1) is 0 Å². The Morgan fingerprint density at radius 1 is 1.39 bits per heavy atom. The molecule has 7 heteroatoms. The molecule has 0 radical (unpaired) electrons. The Labute approximate surface area is 105 Å². The molecule has 1 aromatic rings. The molecule has 18 heavy (non-hydrogen) atoms. The van der Waals surface area contributed by atoms with E-state index in [-0.39, 0.29) is 18.2 Å². The van der Waals surface area contributed by atoms with Crippen LogP contribution < -0.4 is 0 Å². The molecular formula is C11H9ClF4O2. The number of alkyl halides is 3. The molecule has 0 spiro atoms. The van der Waals surface area contributed by atoms with Crippen LogP contribution in [0.4, 0.5) is 17.6 Å². The highest BCUT2D eigenvalue weighted by Gasteiger charge is 2.35. The van der Waals surface area contributed by atoms with E-state index in [0.29, 0.717) is 0 Å². The monoisotopic (exact) mass is 284 g/mol. The molecule has 0 saturated heterocycles. The van der Waals surface area contributed by atoms with E-state index >= 15 is 0 Å². The Morgan fingerprint density at radius 3 is 2.50 bits per heavy atom. The molecule has 100 valence electrons. The third kappa shape index (κ3) is 3.60. The van der Waals surface area contributed by atoms with E-state index in [0.717, 1.165) is 6.07 Å². The number of ether oxygens (including phenoxy) is 1. The fourth-order valence-electron chi connectivity index (χ4n) is 1.35. The largest absolute Gasteiger partial charge is 0.466 e. The van der Waals surface area contributed by atoms with Gasteiger partial charge in [0.05, 0.1) is 23.6 Å². The van der Waals surface area contributed by atoms with Crippen molar-refractivity contribution < 1.29 is 27.1 Å². The molecule has 0 aliphatic heterocycles. The van der Waals surface area contributed by atoms with E-state index in [4.69, 9.17) is 11.6 Å². The topological polar surface area (TPSA) is 26.3 Å². The maximum absolute atomic E-state index is 13.1. The minimum atomic E-state index is -4.78. The van der Waals surface area contributed by atoms with E-state index in [2.05, 4.69) is 4.74 Å². The van der Waals surface area contributed by atoms with Gasteiger partial charge in [0.25, 0.3) is 0 Å². The van der Waals surface area contributed by atoms with Crippen molar-refractivity contribution in [2.75, 3.05) is 6.61 Å². The highest BCUT2D eigenvalue weighted by atomic mass is 35.5. The fraction of sp³-hybridized carbons (Fsp3) is 0.364. The van der Waals surface area contributed by atoms with Crippen LogP contribution >= 0.6 is 11.6 Å². The molecule has 0 N–H and O–H groups in total. The van der Waals surface area contributed by atoms with Gasteiger partial charge in [-0.2, -0.15) is 13.2 Å². The summed E-state index contributed by atoms with van der Waals surface area (Å²) in [6.07, 6.45) is -5.28. The third-order valence-electron chi connectivity index (χ3n) is 2.06. The summed E-state index contributed by atoms with van der Waals surface area (Å²) < 4.78 is 55.2. The molecule has 1 aromatic carbocycles. The highest BCUT2D eigenvalue weighted by Crippen LogP contribution is 2.37. The van der Waals surface area contributed by atoms with Crippen LogP contribution in [0.15, 0.2) is 12.1 Å². The summed E-state index contributed by atoms with van der Waals surface area (Å²) in [5.74, 6) is -1.87. The molecule has 0 heterocycles.